The van der Waals surface area contributed by atoms with E-state index in [0.717, 1.165) is 11.1 Å². The zero-order valence-electron chi connectivity index (χ0n) is 21.2. The third kappa shape index (κ3) is 5.76. The monoisotopic (exact) mass is 503 g/mol. The summed E-state index contributed by atoms with van der Waals surface area (Å²) >= 11 is 0. The van der Waals surface area contributed by atoms with Crippen LogP contribution in [-0.4, -0.2) is 56.9 Å². The topological polar surface area (TPSA) is 94.5 Å². The number of carboxylic acids is 1. The largest absolute Gasteiger partial charge is 0.497 e. The lowest BCUT2D eigenvalue weighted by Gasteiger charge is -2.16. The quantitative estimate of drug-likeness (QED) is 0.320. The van der Waals surface area contributed by atoms with E-state index in [9.17, 15) is 14.7 Å². The van der Waals surface area contributed by atoms with Crippen molar-refractivity contribution in [2.75, 3.05) is 35.1 Å². The van der Waals surface area contributed by atoms with Crippen LogP contribution in [0.5, 0.6) is 23.0 Å². The molecule has 0 unspecified atom stereocenters. The second-order valence-electron chi connectivity index (χ2n) is 8.86. The number of nitrogens with zero attached hydrogens (tertiary/aromatic N) is 1. The van der Waals surface area contributed by atoms with Gasteiger partial charge < -0.3 is 29.0 Å². The van der Waals surface area contributed by atoms with Crippen LogP contribution in [0.3, 0.4) is 0 Å². The van der Waals surface area contributed by atoms with Gasteiger partial charge in [-0.05, 0) is 67.2 Å². The molecule has 0 bridgehead atoms. The Balaban J connectivity index is 1.89. The number of rotatable bonds is 10. The summed E-state index contributed by atoms with van der Waals surface area (Å²) in [7, 11) is 6.95. The number of carboxylic acid groups (broad SMARTS) is 1. The van der Waals surface area contributed by atoms with E-state index in [-0.39, 0.29) is 29.9 Å². The summed E-state index contributed by atoms with van der Waals surface area (Å²) in [4.78, 5) is 28.6. The highest BCUT2D eigenvalue weighted by Crippen LogP contribution is 2.44. The van der Waals surface area contributed by atoms with Gasteiger partial charge in [0.25, 0.3) is 0 Å². The molecule has 0 amide bonds. The van der Waals surface area contributed by atoms with E-state index in [1.165, 1.54) is 7.11 Å². The Morgan fingerprint density at radius 3 is 2.30 bits per heavy atom. The zero-order chi connectivity index (χ0) is 26.5. The first-order valence-corrected chi connectivity index (χ1v) is 11.7. The van der Waals surface area contributed by atoms with E-state index in [2.05, 4.69) is 0 Å². The van der Waals surface area contributed by atoms with Crippen molar-refractivity contribution in [3.63, 3.8) is 0 Å². The first kappa shape index (κ1) is 25.8. The van der Waals surface area contributed by atoms with Crippen molar-refractivity contribution in [1.29, 1.82) is 0 Å². The number of allylic oxidation sites excluding steroid dienone is 1. The molecule has 0 spiro atoms. The smallest absolute Gasteiger partial charge is 0.336 e. The van der Waals surface area contributed by atoms with E-state index in [1.807, 2.05) is 43.3 Å². The fourth-order valence-electron chi connectivity index (χ4n) is 4.31. The van der Waals surface area contributed by atoms with Gasteiger partial charge in [0, 0.05) is 24.1 Å². The minimum atomic E-state index is -1.23. The van der Waals surface area contributed by atoms with Gasteiger partial charge in [0.15, 0.2) is 17.3 Å². The number of ketones is 1. The number of hydrogen-bond donors (Lipinski definition) is 1. The molecule has 1 N–H and O–H groups in total. The highest BCUT2D eigenvalue weighted by atomic mass is 16.7. The maximum Gasteiger partial charge on any atom is 0.336 e. The second-order valence-corrected chi connectivity index (χ2v) is 8.86. The van der Waals surface area contributed by atoms with Crippen LogP contribution >= 0.6 is 0 Å². The molecule has 0 aromatic heterocycles. The molecule has 192 valence electrons. The first-order valence-electron chi connectivity index (χ1n) is 11.7. The molecule has 37 heavy (non-hydrogen) atoms. The van der Waals surface area contributed by atoms with Gasteiger partial charge in [-0.2, -0.15) is 0 Å². The van der Waals surface area contributed by atoms with Crippen LogP contribution in [0.25, 0.3) is 5.57 Å². The molecule has 4 rings (SSSR count). The summed E-state index contributed by atoms with van der Waals surface area (Å²) in [6.45, 7) is 0.710. The number of methoxy groups -OCH3 is 2. The molecule has 3 aromatic carbocycles. The van der Waals surface area contributed by atoms with Gasteiger partial charge >= 0.3 is 5.97 Å². The molecular weight excluding hydrogens is 474 g/mol. The van der Waals surface area contributed by atoms with Crippen LogP contribution in [0.4, 0.5) is 0 Å². The Morgan fingerprint density at radius 2 is 1.65 bits per heavy atom. The van der Waals surface area contributed by atoms with Crippen LogP contribution in [0.2, 0.25) is 0 Å². The Kier molecular flexibility index (Phi) is 7.79. The van der Waals surface area contributed by atoms with Gasteiger partial charge in [-0.15, -0.1) is 0 Å². The normalized spacial score (nSPS) is 12.8. The number of benzene rings is 3. The summed E-state index contributed by atoms with van der Waals surface area (Å²) in [6, 6.07) is 17.5. The van der Waals surface area contributed by atoms with Crippen molar-refractivity contribution >= 4 is 17.3 Å². The molecule has 0 saturated carbocycles. The Bertz CT molecular complexity index is 1340. The fourth-order valence-corrected chi connectivity index (χ4v) is 4.31. The van der Waals surface area contributed by atoms with Gasteiger partial charge in [-0.25, -0.2) is 4.79 Å². The first-order chi connectivity index (χ1) is 17.8. The molecular formula is C29H29NO7. The molecule has 0 aliphatic carbocycles. The SMILES string of the molecule is COc1ccc(C(=O)C(Cc2cccc(CN(C)C)c2)=C(C(=O)O)c2cc(OC)c3c(c2)OCO3)cc1. The van der Waals surface area contributed by atoms with Crippen molar-refractivity contribution in [2.45, 2.75) is 13.0 Å². The van der Waals surface area contributed by atoms with Crippen molar-refractivity contribution in [2.24, 2.45) is 0 Å². The summed E-state index contributed by atoms with van der Waals surface area (Å²) < 4.78 is 21.6. The number of aliphatic carboxylic acids is 1. The van der Waals surface area contributed by atoms with Crippen molar-refractivity contribution in [1.82, 2.24) is 4.90 Å². The summed E-state index contributed by atoms with van der Waals surface area (Å²) in [6.07, 6.45) is 0.116. The lowest BCUT2D eigenvalue weighted by atomic mass is 9.89. The van der Waals surface area contributed by atoms with Crippen LogP contribution in [-0.2, 0) is 17.8 Å². The zero-order valence-corrected chi connectivity index (χ0v) is 21.2. The third-order valence-corrected chi connectivity index (χ3v) is 5.96. The molecule has 8 heteroatoms. The maximum absolute atomic E-state index is 13.9. The molecule has 1 heterocycles. The predicted molar refractivity (Wildman–Crippen MR) is 139 cm³/mol. The third-order valence-electron chi connectivity index (χ3n) is 5.96. The Hall–Kier alpha value is -4.30. The van der Waals surface area contributed by atoms with Crippen LogP contribution in [0.15, 0.2) is 66.2 Å². The van der Waals surface area contributed by atoms with Gasteiger partial charge in [0.1, 0.15) is 5.75 Å². The van der Waals surface area contributed by atoms with Gasteiger partial charge in [0.05, 0.1) is 19.8 Å². The molecule has 8 nitrogen and oxygen atoms in total. The number of carbonyl (C=O) groups is 2. The predicted octanol–water partition coefficient (Wildman–Crippen LogP) is 4.46. The number of hydrogen-bond acceptors (Lipinski definition) is 7. The molecule has 0 atom stereocenters. The fraction of sp³-hybridized carbons (Fsp3) is 0.241. The van der Waals surface area contributed by atoms with Crippen molar-refractivity contribution in [3.05, 3.63) is 88.5 Å². The number of Topliss-reactive ketones (excluding diaryl/α,β-unsaturated/α-hetero) is 1. The van der Waals surface area contributed by atoms with Crippen LogP contribution in [0, 0.1) is 0 Å². The average Bonchev–Trinajstić information content (AvgIpc) is 3.36. The minimum Gasteiger partial charge on any atom is -0.497 e. The number of ether oxygens (including phenoxy) is 4. The molecule has 1 aliphatic heterocycles. The Labute approximate surface area is 215 Å². The molecule has 0 fully saturated rings. The lowest BCUT2D eigenvalue weighted by molar-refractivity contribution is -0.130. The number of fused-ring (bicyclic) bond motifs is 1. The summed E-state index contributed by atoms with van der Waals surface area (Å²) in [5.41, 5.74) is 2.53. The van der Waals surface area contributed by atoms with Crippen molar-refractivity contribution in [3.8, 4) is 23.0 Å². The van der Waals surface area contributed by atoms with E-state index in [1.54, 1.807) is 43.5 Å². The van der Waals surface area contributed by atoms with Crippen LogP contribution in [0.1, 0.15) is 27.0 Å². The van der Waals surface area contributed by atoms with Crippen LogP contribution < -0.4 is 18.9 Å². The van der Waals surface area contributed by atoms with E-state index in [0.29, 0.717) is 35.1 Å². The Morgan fingerprint density at radius 1 is 0.919 bits per heavy atom. The number of carbonyl (C=O) groups excluding carboxylic acids is 1. The van der Waals surface area contributed by atoms with Crippen molar-refractivity contribution < 1.29 is 33.6 Å². The molecule has 0 saturated heterocycles. The average molecular weight is 504 g/mol. The maximum atomic E-state index is 13.9. The van der Waals surface area contributed by atoms with Gasteiger partial charge in [-0.1, -0.05) is 24.3 Å². The summed E-state index contributed by atoms with van der Waals surface area (Å²) in [5, 5.41) is 10.4. The van der Waals surface area contributed by atoms with Gasteiger partial charge in [0.2, 0.25) is 12.5 Å². The van der Waals surface area contributed by atoms with E-state index in [4.69, 9.17) is 18.9 Å². The second kappa shape index (κ2) is 11.2. The summed E-state index contributed by atoms with van der Waals surface area (Å²) in [5.74, 6) is 0.0510. The minimum absolute atomic E-state index is 0.00241. The lowest BCUT2D eigenvalue weighted by Crippen LogP contribution is -2.15. The molecule has 3 aromatic rings. The highest BCUT2D eigenvalue weighted by Gasteiger charge is 2.28. The highest BCUT2D eigenvalue weighted by molar-refractivity contribution is 6.26. The van der Waals surface area contributed by atoms with E-state index < -0.39 is 11.8 Å². The standard InChI is InChI=1S/C29H29NO7/c1-30(2)16-19-7-5-6-18(12-19)13-23(27(31)20-8-10-22(34-3)11-9-20)26(29(32)33)21-14-24(35-4)28-25(15-21)36-17-37-28/h5-12,14-15H,13,16-17H2,1-4H3,(H,32,33). The molecule has 0 radical (unpaired) electrons. The van der Waals surface area contributed by atoms with E-state index >= 15 is 0 Å². The van der Waals surface area contributed by atoms with Gasteiger partial charge in [-0.3, -0.25) is 4.79 Å². The molecule has 1 aliphatic rings.